The third-order valence-corrected chi connectivity index (χ3v) is 5.24. The smallest absolute Gasteiger partial charge is 0.356 e. The van der Waals surface area contributed by atoms with Crippen LogP contribution in [0, 0.1) is 0 Å². The number of nitrogens with zero attached hydrogens (tertiary/aromatic N) is 1. The van der Waals surface area contributed by atoms with Gasteiger partial charge in [0.15, 0.2) is 17.0 Å². The number of para-hydroxylation sites is 1. The minimum Gasteiger partial charge on any atom is -0.614 e. The number of alkyl halides is 1. The molecule has 108 valence electrons. The van der Waals surface area contributed by atoms with Crippen LogP contribution in [0.4, 0.5) is 5.69 Å². The largest absolute Gasteiger partial charge is 0.614 e. The number of anilines is 1. The van der Waals surface area contributed by atoms with Crippen molar-refractivity contribution in [1.82, 2.24) is 0 Å². The number of halogens is 2. The van der Waals surface area contributed by atoms with Gasteiger partial charge in [-0.3, -0.25) is 4.79 Å². The molecule has 0 spiro atoms. The molecule has 0 radical (unpaired) electrons. The van der Waals surface area contributed by atoms with E-state index in [1.54, 1.807) is 37.3 Å². The number of carbonyl (C=O) groups excluding carboxylic acids is 1. The lowest BCUT2D eigenvalue weighted by Gasteiger charge is -2.36. The van der Waals surface area contributed by atoms with Crippen molar-refractivity contribution in [3.05, 3.63) is 41.7 Å². The lowest BCUT2D eigenvalue weighted by atomic mass is 10.1. The van der Waals surface area contributed by atoms with E-state index in [2.05, 4.69) is 0 Å². The first-order valence-corrected chi connectivity index (χ1v) is 9.14. The van der Waals surface area contributed by atoms with Gasteiger partial charge in [0.05, 0.1) is 11.3 Å². The maximum Gasteiger partial charge on any atom is 0.356 e. The average Bonchev–Trinajstić information content (AvgIpc) is 2.38. The fourth-order valence-electron chi connectivity index (χ4n) is 2.00. The van der Waals surface area contributed by atoms with E-state index in [-0.39, 0.29) is 5.91 Å². The molecule has 0 aromatic heterocycles. The van der Waals surface area contributed by atoms with Crippen molar-refractivity contribution in [2.45, 2.75) is 19.8 Å². The fraction of sp³-hybridized carbons (Fsp3) is 0.308. The highest BCUT2D eigenvalue weighted by Gasteiger charge is 2.48. The van der Waals surface area contributed by atoms with Gasteiger partial charge in [-0.1, -0.05) is 18.2 Å². The third-order valence-electron chi connectivity index (χ3n) is 2.93. The second-order valence-electron chi connectivity index (χ2n) is 4.32. The Hall–Kier alpha value is -0.800. The van der Waals surface area contributed by atoms with Gasteiger partial charge in [0.1, 0.15) is 0 Å². The van der Waals surface area contributed by atoms with Crippen molar-refractivity contribution in [3.63, 3.8) is 0 Å². The molecular weight excluding hydrogens is 320 g/mol. The summed E-state index contributed by atoms with van der Waals surface area (Å²) in [6.07, 6.45) is 1.10. The van der Waals surface area contributed by atoms with Gasteiger partial charge in [-0.2, -0.15) is 0 Å². The van der Waals surface area contributed by atoms with E-state index < -0.39 is 7.22 Å². The lowest BCUT2D eigenvalue weighted by Crippen LogP contribution is -2.39. The number of amides is 1. The Balaban J connectivity index is 2.39. The Morgan fingerprint density at radius 3 is 2.60 bits per heavy atom. The Labute approximate surface area is 128 Å². The van der Waals surface area contributed by atoms with Crippen molar-refractivity contribution in [2.75, 3.05) is 10.6 Å². The van der Waals surface area contributed by atoms with Crippen LogP contribution in [-0.4, -0.2) is 11.8 Å². The van der Waals surface area contributed by atoms with Gasteiger partial charge in [0.25, 0.3) is 5.91 Å². The maximum atomic E-state index is 12.5. The van der Waals surface area contributed by atoms with Crippen molar-refractivity contribution in [3.8, 4) is 0 Å². The predicted molar refractivity (Wildman–Crippen MR) is 80.4 cm³/mol. The number of rotatable bonds is 4. The van der Waals surface area contributed by atoms with Crippen LogP contribution in [0.1, 0.15) is 19.8 Å². The molecule has 4 nitrogen and oxygen atoms in total. The standard InChI is InChI=1S/C13H14Cl2NO3P/c1-10-12(8-5-9-14)13(17)16(20(15,18)19-10)11-6-3-2-4-7-11/h2-4,6-7H,5,8-9H2,1H3. The highest BCUT2D eigenvalue weighted by Crippen LogP contribution is 2.65. The molecule has 1 unspecified atom stereocenters. The first-order valence-electron chi connectivity index (χ1n) is 6.12. The van der Waals surface area contributed by atoms with Crippen LogP contribution in [0.2, 0.25) is 0 Å². The fourth-order valence-corrected chi connectivity index (χ4v) is 4.19. The zero-order valence-corrected chi connectivity index (χ0v) is 13.3. The lowest BCUT2D eigenvalue weighted by molar-refractivity contribution is -0.184. The van der Waals surface area contributed by atoms with Crippen molar-refractivity contribution in [1.29, 1.82) is 0 Å². The van der Waals surface area contributed by atoms with E-state index in [1.807, 2.05) is 0 Å². The van der Waals surface area contributed by atoms with Crippen LogP contribution in [0.25, 0.3) is 0 Å². The predicted octanol–water partition coefficient (Wildman–Crippen LogP) is 3.62. The average molecular weight is 334 g/mol. The molecule has 0 bridgehead atoms. The molecule has 1 aliphatic rings. The molecule has 1 amide bonds. The van der Waals surface area contributed by atoms with Gasteiger partial charge < -0.3 is 9.42 Å². The molecule has 7 heteroatoms. The molecule has 1 heterocycles. The number of hydrogen-bond acceptors (Lipinski definition) is 3. The van der Waals surface area contributed by atoms with Crippen LogP contribution >= 0.6 is 30.1 Å². The van der Waals surface area contributed by atoms with Gasteiger partial charge in [-0.05, 0) is 31.9 Å². The van der Waals surface area contributed by atoms with E-state index in [0.29, 0.717) is 35.7 Å². The number of carbonyl (C=O) groups is 1. The van der Waals surface area contributed by atoms with Gasteiger partial charge in [-0.25, -0.2) is 0 Å². The van der Waals surface area contributed by atoms with Crippen LogP contribution in [0.15, 0.2) is 41.7 Å². The minimum atomic E-state index is -3.74. The number of hydrogen-bond donors (Lipinski definition) is 0. The van der Waals surface area contributed by atoms with E-state index in [0.717, 1.165) is 4.67 Å². The van der Waals surface area contributed by atoms with Crippen LogP contribution in [0.5, 0.6) is 0 Å². The molecule has 20 heavy (non-hydrogen) atoms. The van der Waals surface area contributed by atoms with Gasteiger partial charge in [0, 0.05) is 5.88 Å². The summed E-state index contributed by atoms with van der Waals surface area (Å²) in [6, 6.07) is 8.60. The van der Waals surface area contributed by atoms with Crippen molar-refractivity contribution in [2.24, 2.45) is 0 Å². The Bertz CT molecular complexity index is 534. The number of allylic oxidation sites excluding steroid dienone is 1. The van der Waals surface area contributed by atoms with Gasteiger partial charge >= 0.3 is 7.22 Å². The maximum absolute atomic E-state index is 12.5. The van der Waals surface area contributed by atoms with E-state index in [9.17, 15) is 9.69 Å². The zero-order valence-electron chi connectivity index (χ0n) is 10.9. The molecule has 0 fully saturated rings. The summed E-state index contributed by atoms with van der Waals surface area (Å²) >= 11 is 11.6. The van der Waals surface area contributed by atoms with E-state index >= 15 is 0 Å². The molecule has 0 aliphatic carbocycles. The van der Waals surface area contributed by atoms with Crippen LogP contribution < -0.4 is 9.56 Å². The summed E-state index contributed by atoms with van der Waals surface area (Å²) in [5.41, 5.74) is 0.910. The van der Waals surface area contributed by atoms with Crippen molar-refractivity contribution < 1.29 is 14.2 Å². The molecule has 0 saturated heterocycles. The normalized spacial score (nSPS) is 23.0. The molecule has 1 aromatic rings. The molecule has 1 aromatic carbocycles. The number of benzene rings is 1. The zero-order chi connectivity index (χ0) is 14.8. The highest BCUT2D eigenvalue weighted by atomic mass is 35.7. The highest BCUT2D eigenvalue weighted by molar-refractivity contribution is 7.91. The Kier molecular flexibility index (Phi) is 4.92. The topological polar surface area (TPSA) is 52.6 Å². The molecule has 0 N–H and O–H groups in total. The summed E-state index contributed by atoms with van der Waals surface area (Å²) in [5.74, 6) is 0.363. The molecule has 0 saturated carbocycles. The van der Waals surface area contributed by atoms with Gasteiger partial charge in [-0.15, -0.1) is 16.3 Å². The summed E-state index contributed by atoms with van der Waals surface area (Å²) in [7, 11) is -3.74. The first kappa shape index (κ1) is 15.6. The van der Waals surface area contributed by atoms with Crippen LogP contribution in [-0.2, 0) is 9.32 Å². The summed E-state index contributed by atoms with van der Waals surface area (Å²) in [4.78, 5) is 24.9. The Morgan fingerprint density at radius 1 is 1.35 bits per heavy atom. The monoisotopic (exact) mass is 333 g/mol. The first-order chi connectivity index (χ1) is 9.47. The van der Waals surface area contributed by atoms with Crippen LogP contribution in [0.3, 0.4) is 0 Å². The minimum absolute atomic E-state index is 0.311. The Morgan fingerprint density at radius 2 is 2.00 bits per heavy atom. The second-order valence-corrected chi connectivity index (χ2v) is 7.47. The molecule has 1 atom stereocenters. The summed E-state index contributed by atoms with van der Waals surface area (Å²) < 4.78 is 6.32. The molecule has 1 aliphatic heterocycles. The van der Waals surface area contributed by atoms with E-state index in [1.165, 1.54) is 0 Å². The molecular formula is C13H14Cl2NO3P. The van der Waals surface area contributed by atoms with E-state index in [4.69, 9.17) is 27.4 Å². The second kappa shape index (κ2) is 6.31. The SMILES string of the molecule is CC1=C(CCCCl)C(=O)N(c2ccccc2)[P+]([O-])(Cl)O1. The summed E-state index contributed by atoms with van der Waals surface area (Å²) in [5, 5.41) is 0. The quantitative estimate of drug-likeness (QED) is 0.624. The van der Waals surface area contributed by atoms with Crippen molar-refractivity contribution >= 4 is 41.7 Å². The van der Waals surface area contributed by atoms with Gasteiger partial charge in [0.2, 0.25) is 0 Å². The third kappa shape index (κ3) is 3.09. The molecule has 2 rings (SSSR count). The summed E-state index contributed by atoms with van der Waals surface area (Å²) in [6.45, 7) is 1.60.